The molecule has 24 heavy (non-hydrogen) atoms. The lowest BCUT2D eigenvalue weighted by molar-refractivity contribution is -0.142. The molecule has 0 radical (unpaired) electrons. The number of hydrogen-bond acceptors (Lipinski definition) is 4. The second-order valence-electron chi connectivity index (χ2n) is 6.99. The third-order valence-electron chi connectivity index (χ3n) is 5.67. The topological polar surface area (TPSA) is 98.2 Å². The Morgan fingerprint density at radius 3 is 2.46 bits per heavy atom. The van der Waals surface area contributed by atoms with Gasteiger partial charge in [0.1, 0.15) is 12.1 Å². The molecule has 1 N–H and O–H groups in total. The predicted molar refractivity (Wildman–Crippen MR) is 83.0 cm³/mol. The van der Waals surface area contributed by atoms with Gasteiger partial charge in [0.15, 0.2) is 0 Å². The number of amides is 4. The summed E-state index contributed by atoms with van der Waals surface area (Å²) in [6.07, 6.45) is 4.55. The van der Waals surface area contributed by atoms with Crippen LogP contribution in [-0.4, -0.2) is 75.8 Å². The van der Waals surface area contributed by atoms with Crippen molar-refractivity contribution in [1.29, 1.82) is 0 Å². The molecule has 8 heteroatoms. The van der Waals surface area contributed by atoms with E-state index in [1.165, 1.54) is 9.80 Å². The molecule has 2 saturated heterocycles. The fourth-order valence-corrected chi connectivity index (χ4v) is 4.09. The van der Waals surface area contributed by atoms with Gasteiger partial charge in [-0.15, -0.1) is 0 Å². The number of urea groups is 1. The number of carbonyl (C=O) groups excluding carboxylic acids is 3. The molecule has 8 nitrogen and oxygen atoms in total. The Labute approximate surface area is 140 Å². The fourth-order valence-electron chi connectivity index (χ4n) is 4.09. The Kier molecular flexibility index (Phi) is 4.23. The molecule has 0 bridgehead atoms. The van der Waals surface area contributed by atoms with Crippen molar-refractivity contribution in [3.05, 3.63) is 0 Å². The van der Waals surface area contributed by atoms with Crippen molar-refractivity contribution in [2.75, 3.05) is 26.7 Å². The summed E-state index contributed by atoms with van der Waals surface area (Å²) in [7, 11) is 1.63. The molecule has 132 valence electrons. The summed E-state index contributed by atoms with van der Waals surface area (Å²) in [5.41, 5.74) is -0.787. The highest BCUT2D eigenvalue weighted by Crippen LogP contribution is 2.39. The van der Waals surface area contributed by atoms with Crippen LogP contribution in [0, 0.1) is 5.92 Å². The first-order valence-electron chi connectivity index (χ1n) is 8.47. The van der Waals surface area contributed by atoms with E-state index in [0.717, 1.165) is 24.2 Å². The zero-order valence-electron chi connectivity index (χ0n) is 13.9. The van der Waals surface area contributed by atoms with E-state index in [-0.39, 0.29) is 24.9 Å². The molecule has 1 atom stereocenters. The van der Waals surface area contributed by atoms with Crippen molar-refractivity contribution in [2.24, 2.45) is 5.92 Å². The van der Waals surface area contributed by atoms with Crippen molar-refractivity contribution in [2.45, 2.75) is 44.1 Å². The highest BCUT2D eigenvalue weighted by atomic mass is 16.4. The molecule has 4 amide bonds. The highest BCUT2D eigenvalue weighted by molar-refractivity contribution is 6.09. The smallest absolute Gasteiger partial charge is 0.327 e. The Bertz CT molecular complexity index is 584. The average Bonchev–Trinajstić information content (AvgIpc) is 3.13. The molecule has 1 saturated carbocycles. The summed E-state index contributed by atoms with van der Waals surface area (Å²) in [5.74, 6) is -2.12. The lowest BCUT2D eigenvalue weighted by Gasteiger charge is -2.35. The quantitative estimate of drug-likeness (QED) is 0.757. The van der Waals surface area contributed by atoms with Crippen molar-refractivity contribution >= 4 is 23.8 Å². The van der Waals surface area contributed by atoms with E-state index >= 15 is 0 Å². The van der Waals surface area contributed by atoms with Crippen LogP contribution in [0.3, 0.4) is 0 Å². The Morgan fingerprint density at radius 2 is 1.88 bits per heavy atom. The number of rotatable bonds is 3. The van der Waals surface area contributed by atoms with E-state index in [2.05, 4.69) is 0 Å². The van der Waals surface area contributed by atoms with Crippen LogP contribution in [0.1, 0.15) is 38.5 Å². The minimum Gasteiger partial charge on any atom is -0.481 e. The van der Waals surface area contributed by atoms with Crippen LogP contribution >= 0.6 is 0 Å². The van der Waals surface area contributed by atoms with Gasteiger partial charge in [-0.05, 0) is 19.3 Å². The lowest BCUT2D eigenvalue weighted by atomic mass is 9.81. The van der Waals surface area contributed by atoms with Crippen LogP contribution in [0.5, 0.6) is 0 Å². The number of aliphatic carboxylic acids is 1. The van der Waals surface area contributed by atoms with Crippen LogP contribution in [0.15, 0.2) is 0 Å². The first-order valence-corrected chi connectivity index (χ1v) is 8.47. The number of carbonyl (C=O) groups is 4. The van der Waals surface area contributed by atoms with Gasteiger partial charge < -0.3 is 14.9 Å². The number of hydrogen-bond donors (Lipinski definition) is 1. The minimum atomic E-state index is -0.917. The van der Waals surface area contributed by atoms with E-state index in [0.29, 0.717) is 25.8 Å². The van der Waals surface area contributed by atoms with Crippen LogP contribution in [0.4, 0.5) is 4.79 Å². The zero-order valence-corrected chi connectivity index (χ0v) is 13.9. The highest BCUT2D eigenvalue weighted by Gasteiger charge is 2.56. The SMILES string of the molecule is CN1C(=O)N(CC(=O)N2CC[C@@H](C(=O)O)C2)C(=O)C12CCCCC2. The van der Waals surface area contributed by atoms with E-state index in [1.807, 2.05) is 0 Å². The number of likely N-dealkylation sites (tertiary alicyclic amines) is 1. The second-order valence-corrected chi connectivity index (χ2v) is 6.99. The minimum absolute atomic E-state index is 0.144. The molecule has 1 aliphatic carbocycles. The molecule has 1 spiro atoms. The third kappa shape index (κ3) is 2.53. The van der Waals surface area contributed by atoms with Crippen molar-refractivity contribution in [3.8, 4) is 0 Å². The van der Waals surface area contributed by atoms with Gasteiger partial charge in [-0.25, -0.2) is 4.79 Å². The summed E-state index contributed by atoms with van der Waals surface area (Å²) in [4.78, 5) is 52.7. The predicted octanol–water partition coefficient (Wildman–Crippen LogP) is 0.516. The molecular weight excluding hydrogens is 314 g/mol. The van der Waals surface area contributed by atoms with Gasteiger partial charge in [-0.3, -0.25) is 19.3 Å². The monoisotopic (exact) mass is 337 g/mol. The second kappa shape index (κ2) is 6.07. The Morgan fingerprint density at radius 1 is 1.21 bits per heavy atom. The molecular formula is C16H23N3O5. The summed E-state index contributed by atoms with van der Waals surface area (Å²) in [6, 6.07) is -0.427. The number of likely N-dealkylation sites (N-methyl/N-ethyl adjacent to an activating group) is 1. The summed E-state index contributed by atoms with van der Waals surface area (Å²) < 4.78 is 0. The molecule has 0 aromatic heterocycles. The Balaban J connectivity index is 1.69. The van der Waals surface area contributed by atoms with Gasteiger partial charge in [0, 0.05) is 20.1 Å². The van der Waals surface area contributed by atoms with Gasteiger partial charge in [-0.2, -0.15) is 0 Å². The average molecular weight is 337 g/mol. The summed E-state index contributed by atoms with van der Waals surface area (Å²) in [5, 5.41) is 9.02. The lowest BCUT2D eigenvalue weighted by Crippen LogP contribution is -2.49. The van der Waals surface area contributed by atoms with E-state index < -0.39 is 23.5 Å². The van der Waals surface area contributed by atoms with Gasteiger partial charge in [0.2, 0.25) is 5.91 Å². The summed E-state index contributed by atoms with van der Waals surface area (Å²) in [6.45, 7) is 0.203. The molecule has 3 rings (SSSR count). The maximum atomic E-state index is 12.8. The van der Waals surface area contributed by atoms with Crippen molar-refractivity contribution < 1.29 is 24.3 Å². The van der Waals surface area contributed by atoms with Crippen molar-refractivity contribution in [3.63, 3.8) is 0 Å². The number of imide groups is 1. The van der Waals surface area contributed by atoms with Gasteiger partial charge in [-0.1, -0.05) is 19.3 Å². The van der Waals surface area contributed by atoms with Crippen LogP contribution in [-0.2, 0) is 14.4 Å². The zero-order chi connectivity index (χ0) is 17.5. The van der Waals surface area contributed by atoms with Gasteiger partial charge in [0.25, 0.3) is 5.91 Å². The van der Waals surface area contributed by atoms with Crippen LogP contribution in [0.2, 0.25) is 0 Å². The molecule has 3 fully saturated rings. The molecule has 0 aromatic carbocycles. The summed E-state index contributed by atoms with van der Waals surface area (Å²) >= 11 is 0. The number of nitrogens with zero attached hydrogens (tertiary/aromatic N) is 3. The van der Waals surface area contributed by atoms with E-state index in [9.17, 15) is 19.2 Å². The molecule has 0 unspecified atom stereocenters. The molecule has 0 aromatic rings. The number of carboxylic acid groups (broad SMARTS) is 1. The first-order chi connectivity index (χ1) is 11.4. The maximum Gasteiger partial charge on any atom is 0.327 e. The van der Waals surface area contributed by atoms with Crippen LogP contribution in [0.25, 0.3) is 0 Å². The van der Waals surface area contributed by atoms with Crippen molar-refractivity contribution in [1.82, 2.24) is 14.7 Å². The fraction of sp³-hybridized carbons (Fsp3) is 0.750. The Hall–Kier alpha value is -2.12. The van der Waals surface area contributed by atoms with E-state index in [1.54, 1.807) is 7.05 Å². The third-order valence-corrected chi connectivity index (χ3v) is 5.67. The maximum absolute atomic E-state index is 12.8. The van der Waals surface area contributed by atoms with Gasteiger partial charge in [0.05, 0.1) is 5.92 Å². The molecule has 2 aliphatic heterocycles. The van der Waals surface area contributed by atoms with Crippen LogP contribution < -0.4 is 0 Å². The van der Waals surface area contributed by atoms with Gasteiger partial charge >= 0.3 is 12.0 Å². The standard InChI is InChI=1S/C16H23N3O5/c1-17-15(24)19(14(23)16(17)6-3-2-4-7-16)10-12(20)18-8-5-11(9-18)13(21)22/h11H,2-10H2,1H3,(H,21,22)/t11-/m1/s1. The largest absolute Gasteiger partial charge is 0.481 e. The number of carboxylic acids is 1. The van der Waals surface area contributed by atoms with E-state index in [4.69, 9.17) is 5.11 Å². The normalized spacial score (nSPS) is 26.5. The molecule has 3 aliphatic rings. The first kappa shape index (κ1) is 16.7. The molecule has 2 heterocycles.